The quantitative estimate of drug-likeness (QED) is 0.748. The van der Waals surface area contributed by atoms with Crippen LogP contribution in [0.1, 0.15) is 17.0 Å². The molecule has 4 nitrogen and oxygen atoms in total. The summed E-state index contributed by atoms with van der Waals surface area (Å²) in [4.78, 5) is 4.31. The maximum Gasteiger partial charge on any atom is 0.260 e. The van der Waals surface area contributed by atoms with E-state index in [9.17, 15) is 4.39 Å². The largest absolute Gasteiger partial charge is 0.398 e. The summed E-state index contributed by atoms with van der Waals surface area (Å²) >= 11 is 0. The van der Waals surface area contributed by atoms with E-state index in [2.05, 4.69) is 10.1 Å². The summed E-state index contributed by atoms with van der Waals surface area (Å²) < 4.78 is 18.2. The summed E-state index contributed by atoms with van der Waals surface area (Å²) in [5.41, 5.74) is 8.88. The van der Waals surface area contributed by atoms with Crippen molar-refractivity contribution >= 4 is 5.69 Å². The molecule has 0 saturated carbocycles. The average molecular weight is 283 g/mol. The van der Waals surface area contributed by atoms with E-state index in [-0.39, 0.29) is 5.69 Å². The van der Waals surface area contributed by atoms with E-state index in [0.29, 0.717) is 23.7 Å². The molecule has 106 valence electrons. The maximum atomic E-state index is 13.0. The van der Waals surface area contributed by atoms with Gasteiger partial charge in [-0.05, 0) is 30.7 Å². The minimum absolute atomic E-state index is 0.278. The van der Waals surface area contributed by atoms with Crippen LogP contribution in [0.4, 0.5) is 10.1 Å². The third-order valence-corrected chi connectivity index (χ3v) is 3.19. The molecule has 0 aliphatic heterocycles. The molecule has 0 saturated heterocycles. The molecule has 0 radical (unpaired) electrons. The van der Waals surface area contributed by atoms with E-state index in [4.69, 9.17) is 10.3 Å². The van der Waals surface area contributed by atoms with Gasteiger partial charge in [0.15, 0.2) is 5.82 Å². The third kappa shape index (κ3) is 2.91. The first-order valence-electron chi connectivity index (χ1n) is 6.55. The fourth-order valence-corrected chi connectivity index (χ4v) is 2.05. The average Bonchev–Trinajstić information content (AvgIpc) is 2.90. The Kier molecular flexibility index (Phi) is 3.39. The number of aryl methyl sites for hydroxylation is 1. The van der Waals surface area contributed by atoms with Gasteiger partial charge in [-0.2, -0.15) is 4.98 Å². The molecule has 3 rings (SSSR count). The molecule has 0 amide bonds. The van der Waals surface area contributed by atoms with Crippen molar-refractivity contribution in [2.24, 2.45) is 0 Å². The van der Waals surface area contributed by atoms with Gasteiger partial charge in [0, 0.05) is 12.1 Å². The van der Waals surface area contributed by atoms with Gasteiger partial charge in [-0.15, -0.1) is 0 Å². The molecule has 1 aromatic heterocycles. The van der Waals surface area contributed by atoms with Crippen LogP contribution >= 0.6 is 0 Å². The monoisotopic (exact) mass is 283 g/mol. The Hall–Kier alpha value is -2.69. The summed E-state index contributed by atoms with van der Waals surface area (Å²) in [6.45, 7) is 2.04. The first kappa shape index (κ1) is 13.3. The third-order valence-electron chi connectivity index (χ3n) is 3.19. The van der Waals surface area contributed by atoms with Crippen molar-refractivity contribution in [3.8, 4) is 11.5 Å². The number of benzene rings is 2. The van der Waals surface area contributed by atoms with Crippen molar-refractivity contribution in [1.29, 1.82) is 0 Å². The summed E-state index contributed by atoms with van der Waals surface area (Å²) in [6.07, 6.45) is 0.574. The molecule has 2 N–H and O–H groups in total. The van der Waals surface area contributed by atoms with Crippen molar-refractivity contribution in [1.82, 2.24) is 10.1 Å². The molecule has 0 unspecified atom stereocenters. The predicted molar refractivity (Wildman–Crippen MR) is 78.1 cm³/mol. The molecule has 0 aliphatic carbocycles. The molecule has 3 aromatic rings. The summed E-state index contributed by atoms with van der Waals surface area (Å²) in [6, 6.07) is 12.2. The minimum atomic E-state index is -0.393. The van der Waals surface area contributed by atoms with Gasteiger partial charge < -0.3 is 10.3 Å². The highest BCUT2D eigenvalue weighted by atomic mass is 19.1. The van der Waals surface area contributed by atoms with Crippen molar-refractivity contribution in [3.05, 3.63) is 65.2 Å². The van der Waals surface area contributed by atoms with Crippen molar-refractivity contribution in [2.75, 3.05) is 5.73 Å². The van der Waals surface area contributed by atoms with Gasteiger partial charge in [-0.25, -0.2) is 4.39 Å². The van der Waals surface area contributed by atoms with Crippen molar-refractivity contribution in [3.63, 3.8) is 0 Å². The van der Waals surface area contributed by atoms with Gasteiger partial charge in [0.1, 0.15) is 5.82 Å². The Balaban J connectivity index is 1.84. The van der Waals surface area contributed by atoms with Gasteiger partial charge in [0.05, 0.1) is 5.56 Å². The summed E-state index contributed by atoms with van der Waals surface area (Å²) in [7, 11) is 0. The van der Waals surface area contributed by atoms with E-state index in [1.165, 1.54) is 23.8 Å². The number of rotatable bonds is 3. The lowest BCUT2D eigenvalue weighted by molar-refractivity contribution is 0.424. The van der Waals surface area contributed by atoms with Crippen LogP contribution in [0.5, 0.6) is 0 Å². The van der Waals surface area contributed by atoms with Crippen LogP contribution in [-0.2, 0) is 6.42 Å². The van der Waals surface area contributed by atoms with Gasteiger partial charge in [0.2, 0.25) is 0 Å². The summed E-state index contributed by atoms with van der Waals surface area (Å²) in [5, 5.41) is 3.94. The second kappa shape index (κ2) is 5.36. The summed E-state index contributed by atoms with van der Waals surface area (Å²) in [5.74, 6) is 0.475. The normalized spacial score (nSPS) is 10.8. The first-order chi connectivity index (χ1) is 10.1. The zero-order valence-electron chi connectivity index (χ0n) is 11.5. The standard InChI is InChI=1S/C16H14FN3O/c1-10-2-4-11(5-3-10)8-15-19-16(21-20-15)13-7-6-12(17)9-14(13)18/h2-7,9H,8,18H2,1H3. The van der Waals surface area contributed by atoms with Crippen LogP contribution in [0.3, 0.4) is 0 Å². The SMILES string of the molecule is Cc1ccc(Cc2noc(-c3ccc(F)cc3N)n2)cc1. The number of aromatic nitrogens is 2. The van der Waals surface area contributed by atoms with Crippen molar-refractivity contribution < 1.29 is 8.91 Å². The van der Waals surface area contributed by atoms with Gasteiger partial charge >= 0.3 is 0 Å². The molecule has 0 fully saturated rings. The molecule has 0 spiro atoms. The van der Waals surface area contributed by atoms with E-state index < -0.39 is 5.82 Å². The fourth-order valence-electron chi connectivity index (χ4n) is 2.05. The Labute approximate surface area is 121 Å². The molecule has 0 bridgehead atoms. The number of nitrogens with zero attached hydrogens (tertiary/aromatic N) is 2. The first-order valence-corrected chi connectivity index (χ1v) is 6.55. The van der Waals surface area contributed by atoms with Crippen LogP contribution in [-0.4, -0.2) is 10.1 Å². The molecular weight excluding hydrogens is 269 g/mol. The van der Waals surface area contributed by atoms with Crippen molar-refractivity contribution in [2.45, 2.75) is 13.3 Å². The lowest BCUT2D eigenvalue weighted by Crippen LogP contribution is -1.93. The molecule has 5 heteroatoms. The Bertz CT molecular complexity index is 765. The molecule has 21 heavy (non-hydrogen) atoms. The topological polar surface area (TPSA) is 64.9 Å². The van der Waals surface area contributed by atoms with Crippen LogP contribution < -0.4 is 5.73 Å². The van der Waals surface area contributed by atoms with Crippen LogP contribution in [0.2, 0.25) is 0 Å². The molecule has 2 aromatic carbocycles. The molecule has 1 heterocycles. The van der Waals surface area contributed by atoms with Crippen LogP contribution in [0, 0.1) is 12.7 Å². The lowest BCUT2D eigenvalue weighted by atomic mass is 10.1. The smallest absolute Gasteiger partial charge is 0.260 e. The van der Waals surface area contributed by atoms with E-state index in [1.807, 2.05) is 31.2 Å². The van der Waals surface area contributed by atoms with Gasteiger partial charge in [-0.3, -0.25) is 0 Å². The Morgan fingerprint density at radius 2 is 1.90 bits per heavy atom. The number of halogens is 1. The zero-order valence-corrected chi connectivity index (χ0v) is 11.5. The van der Waals surface area contributed by atoms with Gasteiger partial charge in [0.25, 0.3) is 5.89 Å². The Morgan fingerprint density at radius 1 is 1.14 bits per heavy atom. The van der Waals surface area contributed by atoms with E-state index in [1.54, 1.807) is 0 Å². The Morgan fingerprint density at radius 3 is 2.62 bits per heavy atom. The predicted octanol–water partition coefficient (Wildman–Crippen LogP) is 3.36. The molecular formula is C16H14FN3O. The maximum absolute atomic E-state index is 13.0. The minimum Gasteiger partial charge on any atom is -0.398 e. The molecule has 0 atom stereocenters. The highest BCUT2D eigenvalue weighted by molar-refractivity contribution is 5.70. The zero-order chi connectivity index (χ0) is 14.8. The van der Waals surface area contributed by atoms with Crippen LogP contribution in [0.15, 0.2) is 47.0 Å². The van der Waals surface area contributed by atoms with Gasteiger partial charge in [-0.1, -0.05) is 35.0 Å². The fraction of sp³-hybridized carbons (Fsp3) is 0.125. The highest BCUT2D eigenvalue weighted by Crippen LogP contribution is 2.25. The number of nitrogens with two attached hydrogens (primary N) is 1. The van der Waals surface area contributed by atoms with E-state index in [0.717, 1.165) is 5.56 Å². The lowest BCUT2D eigenvalue weighted by Gasteiger charge is -1.99. The highest BCUT2D eigenvalue weighted by Gasteiger charge is 2.12. The number of anilines is 1. The second-order valence-electron chi connectivity index (χ2n) is 4.91. The van der Waals surface area contributed by atoms with Crippen LogP contribution in [0.25, 0.3) is 11.5 Å². The number of nitrogen functional groups attached to an aromatic ring is 1. The van der Waals surface area contributed by atoms with E-state index >= 15 is 0 Å². The number of hydrogen-bond acceptors (Lipinski definition) is 4. The number of hydrogen-bond donors (Lipinski definition) is 1. The second-order valence-corrected chi connectivity index (χ2v) is 4.91. The molecule has 0 aliphatic rings.